The smallest absolute Gasteiger partial charge is 0.343 e. The summed E-state index contributed by atoms with van der Waals surface area (Å²) in [5, 5.41) is 22.7. The van der Waals surface area contributed by atoms with Gasteiger partial charge in [0.1, 0.15) is 23.0 Å². The third-order valence-corrected chi connectivity index (χ3v) is 14.7. The number of carbonyl (C=O) groups excluding carboxylic acids is 4. The van der Waals surface area contributed by atoms with Gasteiger partial charge in [-0.15, -0.1) is 0 Å². The van der Waals surface area contributed by atoms with Gasteiger partial charge in [0, 0.05) is 44.5 Å². The lowest BCUT2D eigenvalue weighted by molar-refractivity contribution is 0.0486. The van der Waals surface area contributed by atoms with Crippen LogP contribution >= 0.6 is 0 Å². The summed E-state index contributed by atoms with van der Waals surface area (Å²) in [5.41, 5.74) is 3.43. The Labute approximate surface area is 482 Å². The van der Waals surface area contributed by atoms with Crippen LogP contribution in [0.15, 0.2) is 48.5 Å². The van der Waals surface area contributed by atoms with Gasteiger partial charge in [-0.25, -0.2) is 19.2 Å². The number of phenolic OH excluding ortho intramolecular Hbond substituents is 2. The zero-order valence-corrected chi connectivity index (χ0v) is 53.9. The number of rotatable bonds is 17. The molecule has 0 spiro atoms. The van der Waals surface area contributed by atoms with Crippen LogP contribution in [-0.4, -0.2) is 47.3 Å². The Morgan fingerprint density at radius 3 is 0.662 bits per heavy atom. The summed E-state index contributed by atoms with van der Waals surface area (Å²) in [6.45, 7) is 49.1. The van der Waals surface area contributed by atoms with E-state index >= 15 is 0 Å². The summed E-state index contributed by atoms with van der Waals surface area (Å²) in [6.07, 6.45) is 7.42. The van der Waals surface area contributed by atoms with Crippen LogP contribution in [0.5, 0.6) is 23.0 Å². The van der Waals surface area contributed by atoms with Crippen molar-refractivity contribution in [2.75, 3.05) is 13.2 Å². The number of benzene rings is 4. The van der Waals surface area contributed by atoms with Crippen LogP contribution < -0.4 is 9.47 Å². The van der Waals surface area contributed by atoms with Gasteiger partial charge >= 0.3 is 23.9 Å². The molecular formula is C70H102O10. The first kappa shape index (κ1) is 66.9. The maximum Gasteiger partial charge on any atom is 0.343 e. The average molecular weight is 1100 g/mol. The van der Waals surface area contributed by atoms with Gasteiger partial charge in [0.2, 0.25) is 0 Å². The first-order chi connectivity index (χ1) is 36.3. The van der Waals surface area contributed by atoms with E-state index in [-0.39, 0.29) is 11.5 Å². The van der Waals surface area contributed by atoms with Crippen LogP contribution in [0.2, 0.25) is 0 Å². The third-order valence-electron chi connectivity index (χ3n) is 14.7. The van der Waals surface area contributed by atoms with Gasteiger partial charge in [-0.3, -0.25) is 0 Å². The van der Waals surface area contributed by atoms with Crippen LogP contribution in [0.25, 0.3) is 0 Å². The second-order valence-corrected chi connectivity index (χ2v) is 30.5. The van der Waals surface area contributed by atoms with E-state index in [9.17, 15) is 29.4 Å². The van der Waals surface area contributed by atoms with Crippen molar-refractivity contribution in [2.24, 2.45) is 0 Å². The molecule has 10 nitrogen and oxygen atoms in total. The molecule has 0 amide bonds. The molecule has 0 saturated heterocycles. The van der Waals surface area contributed by atoms with Gasteiger partial charge in [0.05, 0.1) is 35.5 Å². The molecule has 0 aromatic heterocycles. The Balaban J connectivity index is 1.33. The molecule has 0 saturated carbocycles. The minimum absolute atomic E-state index is 0.189. The predicted octanol–water partition coefficient (Wildman–Crippen LogP) is 18.1. The number of esters is 4. The number of hydrogen-bond acceptors (Lipinski definition) is 10. The van der Waals surface area contributed by atoms with E-state index in [0.29, 0.717) is 69.2 Å². The fourth-order valence-corrected chi connectivity index (χ4v) is 9.80. The molecule has 80 heavy (non-hydrogen) atoms. The van der Waals surface area contributed by atoms with Gasteiger partial charge in [-0.2, -0.15) is 0 Å². The SMILES string of the molecule is CC(C)(C)c1cc(C(=O)Oc2c(C(C)(C)C)cc(C(=O)OCCCCCCCCCCOC(=O)c3cc(C(C)(C)C)c(OC(=O)c4cc(C(C)(C)C)c(O)c(C(C)(C)C)c4)c(C(C)(C)C)c3)cc2C(C)(C)C)cc(C(C)(C)C)c1O. The Bertz CT molecular complexity index is 2540. The molecule has 4 aromatic carbocycles. The molecule has 4 aromatic rings. The summed E-state index contributed by atoms with van der Waals surface area (Å²) >= 11 is 0. The Morgan fingerprint density at radius 1 is 0.287 bits per heavy atom. The molecule has 0 unspecified atom stereocenters. The van der Waals surface area contributed by atoms with Gasteiger partial charge < -0.3 is 29.2 Å². The molecule has 0 aliphatic carbocycles. The van der Waals surface area contributed by atoms with Crippen molar-refractivity contribution in [2.45, 2.75) is 261 Å². The second-order valence-electron chi connectivity index (χ2n) is 30.5. The van der Waals surface area contributed by atoms with Crippen molar-refractivity contribution in [1.29, 1.82) is 0 Å². The molecule has 442 valence electrons. The van der Waals surface area contributed by atoms with Crippen LogP contribution in [0, 0.1) is 0 Å². The zero-order valence-electron chi connectivity index (χ0n) is 53.9. The van der Waals surface area contributed by atoms with Gasteiger partial charge in [-0.05, 0) is 105 Å². The minimum Gasteiger partial charge on any atom is -0.507 e. The first-order valence-electron chi connectivity index (χ1n) is 29.2. The van der Waals surface area contributed by atoms with Crippen molar-refractivity contribution in [3.63, 3.8) is 0 Å². The highest BCUT2D eigenvalue weighted by molar-refractivity contribution is 5.95. The number of aromatic hydroxyl groups is 2. The van der Waals surface area contributed by atoms with E-state index in [2.05, 4.69) is 0 Å². The van der Waals surface area contributed by atoms with Crippen molar-refractivity contribution < 1.29 is 48.3 Å². The van der Waals surface area contributed by atoms with Crippen LogP contribution in [0.4, 0.5) is 0 Å². The number of ether oxygens (including phenoxy) is 4. The molecule has 0 heterocycles. The highest BCUT2D eigenvalue weighted by Crippen LogP contribution is 2.46. The zero-order chi connectivity index (χ0) is 61.1. The molecule has 2 N–H and O–H groups in total. The fraction of sp³-hybridized carbons (Fsp3) is 0.600. The maximum absolute atomic E-state index is 14.2. The molecule has 0 atom stereocenters. The van der Waals surface area contributed by atoms with E-state index in [4.69, 9.17) is 18.9 Å². The molecule has 10 heteroatoms. The normalized spacial score (nSPS) is 13.1. The lowest BCUT2D eigenvalue weighted by Gasteiger charge is -2.30. The largest absolute Gasteiger partial charge is 0.507 e. The summed E-state index contributed by atoms with van der Waals surface area (Å²) < 4.78 is 24.5. The predicted molar refractivity (Wildman–Crippen MR) is 326 cm³/mol. The van der Waals surface area contributed by atoms with Gasteiger partial charge in [-0.1, -0.05) is 205 Å². The first-order valence-corrected chi connectivity index (χ1v) is 29.2. The summed E-state index contributed by atoms with van der Waals surface area (Å²) in [5.74, 6) is -0.648. The maximum atomic E-state index is 14.2. The van der Waals surface area contributed by atoms with Crippen molar-refractivity contribution >= 4 is 23.9 Å². The van der Waals surface area contributed by atoms with Crippen LogP contribution in [0.3, 0.4) is 0 Å². The van der Waals surface area contributed by atoms with Crippen LogP contribution in [-0.2, 0) is 52.8 Å². The number of hydrogen-bond donors (Lipinski definition) is 2. The molecule has 4 rings (SSSR count). The van der Waals surface area contributed by atoms with Gasteiger partial charge in [0.25, 0.3) is 0 Å². The summed E-state index contributed by atoms with van der Waals surface area (Å²) in [7, 11) is 0. The lowest BCUT2D eigenvalue weighted by atomic mass is 9.78. The second kappa shape index (κ2) is 24.8. The molecule has 0 fully saturated rings. The minimum atomic E-state index is -0.529. The quantitative estimate of drug-likeness (QED) is 0.0595. The number of phenols is 2. The lowest BCUT2D eigenvalue weighted by Crippen LogP contribution is -2.24. The monoisotopic (exact) mass is 1100 g/mol. The Kier molecular flexibility index (Phi) is 20.8. The summed E-state index contributed by atoms with van der Waals surface area (Å²) in [6, 6.07) is 14.1. The van der Waals surface area contributed by atoms with E-state index in [1.165, 1.54) is 0 Å². The molecule has 0 aliphatic heterocycles. The highest BCUT2D eigenvalue weighted by atomic mass is 16.5. The van der Waals surface area contributed by atoms with Crippen LogP contribution in [0.1, 0.15) is 303 Å². The molecule has 0 bridgehead atoms. The van der Waals surface area contributed by atoms with E-state index in [1.54, 1.807) is 48.5 Å². The van der Waals surface area contributed by atoms with Crippen molar-refractivity contribution in [3.05, 3.63) is 115 Å². The molecular weight excluding hydrogens is 1000 g/mol. The summed E-state index contributed by atoms with van der Waals surface area (Å²) in [4.78, 5) is 55.8. The van der Waals surface area contributed by atoms with Crippen molar-refractivity contribution in [1.82, 2.24) is 0 Å². The molecule has 0 aliphatic rings. The van der Waals surface area contributed by atoms with Gasteiger partial charge in [0.15, 0.2) is 0 Å². The van der Waals surface area contributed by atoms with Crippen molar-refractivity contribution in [3.8, 4) is 23.0 Å². The highest BCUT2D eigenvalue weighted by Gasteiger charge is 2.36. The molecule has 0 radical (unpaired) electrons. The average Bonchev–Trinajstić information content (AvgIpc) is 3.28. The van der Waals surface area contributed by atoms with E-state index in [0.717, 1.165) is 73.6 Å². The Morgan fingerprint density at radius 2 is 0.463 bits per heavy atom. The number of carbonyl (C=O) groups is 4. The third kappa shape index (κ3) is 17.4. The van der Waals surface area contributed by atoms with E-state index in [1.807, 2.05) is 166 Å². The number of unbranched alkanes of at least 4 members (excludes halogenated alkanes) is 7. The van der Waals surface area contributed by atoms with E-state index < -0.39 is 67.2 Å². The Hall–Kier alpha value is -5.64. The topological polar surface area (TPSA) is 146 Å². The standard InChI is InChI=1S/C70H102O10/c1-63(2,3)47-35-45(36-48(55(47)71)64(4,5)6)61(75)79-57-51(67(13,14)15)39-43(40-52(57)68(16,17)18)59(73)77-33-31-29-27-25-26-28-30-32-34-78-60(74)44-41-53(69(19,20)21)58(54(42-44)70(22,23)24)80-62(76)46-37-49(65(7,8)9)56(72)50(38-46)66(10,11)12/h35-42,71-72H,25-34H2,1-24H3. The fourth-order valence-electron chi connectivity index (χ4n) is 9.80.